The Hall–Kier alpha value is -1.81. The van der Waals surface area contributed by atoms with E-state index in [9.17, 15) is 13.2 Å². The summed E-state index contributed by atoms with van der Waals surface area (Å²) in [7, 11) is 3.98. The van der Waals surface area contributed by atoms with Crippen LogP contribution in [0.2, 0.25) is 0 Å². The van der Waals surface area contributed by atoms with Gasteiger partial charge < -0.3 is 4.90 Å². The van der Waals surface area contributed by atoms with E-state index < -0.39 is 11.7 Å². The van der Waals surface area contributed by atoms with E-state index >= 15 is 0 Å². The van der Waals surface area contributed by atoms with E-state index in [1.165, 1.54) is 17.7 Å². The zero-order valence-electron chi connectivity index (χ0n) is 15.1. The molecular formula is C21H26F3N. The smallest absolute Gasteiger partial charge is 0.309 e. The van der Waals surface area contributed by atoms with Gasteiger partial charge in [0.05, 0.1) is 5.56 Å². The molecule has 0 N–H and O–H groups in total. The van der Waals surface area contributed by atoms with Crippen molar-refractivity contribution >= 4 is 0 Å². The van der Waals surface area contributed by atoms with Crippen LogP contribution >= 0.6 is 0 Å². The Morgan fingerprint density at radius 2 is 1.48 bits per heavy atom. The summed E-state index contributed by atoms with van der Waals surface area (Å²) in [6.07, 6.45) is -1.83. The molecule has 0 aliphatic heterocycles. The van der Waals surface area contributed by atoms with Gasteiger partial charge in [0, 0.05) is 0 Å². The van der Waals surface area contributed by atoms with Gasteiger partial charge in [0.2, 0.25) is 0 Å². The molecule has 136 valence electrons. The second-order valence-electron chi connectivity index (χ2n) is 7.18. The lowest BCUT2D eigenvalue weighted by Gasteiger charge is -2.32. The van der Waals surface area contributed by atoms with Crippen molar-refractivity contribution < 1.29 is 13.2 Å². The second kappa shape index (κ2) is 8.05. The molecule has 0 radical (unpaired) electrons. The summed E-state index contributed by atoms with van der Waals surface area (Å²) >= 11 is 0. The Bertz CT molecular complexity index is 664. The topological polar surface area (TPSA) is 3.24 Å². The summed E-state index contributed by atoms with van der Waals surface area (Å²) in [5, 5.41) is 0. The third-order valence-corrected chi connectivity index (χ3v) is 4.81. The SMILES string of the molecule is CN(C)CCC(C)(CCc1ccccc1)c1cccc(C(F)(F)F)c1. The van der Waals surface area contributed by atoms with E-state index in [0.717, 1.165) is 37.4 Å². The van der Waals surface area contributed by atoms with Crippen molar-refractivity contribution in [2.24, 2.45) is 0 Å². The molecule has 0 heterocycles. The molecule has 1 nitrogen and oxygen atoms in total. The highest BCUT2D eigenvalue weighted by Gasteiger charge is 2.33. The van der Waals surface area contributed by atoms with Crippen LogP contribution in [0.3, 0.4) is 0 Å². The summed E-state index contributed by atoms with van der Waals surface area (Å²) in [5.41, 5.74) is 1.10. The first-order valence-corrected chi connectivity index (χ1v) is 8.57. The van der Waals surface area contributed by atoms with Crippen molar-refractivity contribution in [1.29, 1.82) is 0 Å². The molecule has 4 heteroatoms. The van der Waals surface area contributed by atoms with Gasteiger partial charge in [-0.25, -0.2) is 0 Å². The van der Waals surface area contributed by atoms with Crippen LogP contribution in [0.1, 0.15) is 36.5 Å². The van der Waals surface area contributed by atoms with Crippen molar-refractivity contribution in [3.8, 4) is 0 Å². The largest absolute Gasteiger partial charge is 0.416 e. The number of aryl methyl sites for hydroxylation is 1. The van der Waals surface area contributed by atoms with Gasteiger partial charge in [-0.1, -0.05) is 55.5 Å². The summed E-state index contributed by atoms with van der Waals surface area (Å²) in [6.45, 7) is 2.91. The minimum absolute atomic E-state index is 0.304. The average Bonchev–Trinajstić information content (AvgIpc) is 2.58. The Labute approximate surface area is 148 Å². The van der Waals surface area contributed by atoms with Gasteiger partial charge in [0.25, 0.3) is 0 Å². The molecule has 0 bridgehead atoms. The number of benzene rings is 2. The number of hydrogen-bond donors (Lipinski definition) is 0. The van der Waals surface area contributed by atoms with E-state index in [0.29, 0.717) is 0 Å². The number of hydrogen-bond acceptors (Lipinski definition) is 1. The monoisotopic (exact) mass is 349 g/mol. The Balaban J connectivity index is 2.27. The first kappa shape index (κ1) is 19.5. The molecular weight excluding hydrogens is 323 g/mol. The highest BCUT2D eigenvalue weighted by Crippen LogP contribution is 2.37. The van der Waals surface area contributed by atoms with Crippen LogP contribution in [-0.2, 0) is 18.0 Å². The van der Waals surface area contributed by atoms with Crippen molar-refractivity contribution in [2.75, 3.05) is 20.6 Å². The van der Waals surface area contributed by atoms with Crippen molar-refractivity contribution in [2.45, 2.75) is 37.8 Å². The van der Waals surface area contributed by atoms with Crippen molar-refractivity contribution in [1.82, 2.24) is 4.90 Å². The normalized spacial score (nSPS) is 14.5. The Kier molecular flexibility index (Phi) is 6.28. The van der Waals surface area contributed by atoms with Crippen molar-refractivity contribution in [3.05, 3.63) is 71.3 Å². The maximum Gasteiger partial charge on any atom is 0.416 e. The molecule has 0 aliphatic rings. The van der Waals surface area contributed by atoms with Gasteiger partial charge in [-0.3, -0.25) is 0 Å². The first-order chi connectivity index (χ1) is 11.7. The van der Waals surface area contributed by atoms with E-state index in [-0.39, 0.29) is 5.41 Å². The minimum atomic E-state index is -4.31. The van der Waals surface area contributed by atoms with Gasteiger partial charge >= 0.3 is 6.18 Å². The zero-order valence-corrected chi connectivity index (χ0v) is 15.1. The summed E-state index contributed by atoms with van der Waals surface area (Å²) in [6, 6.07) is 15.9. The van der Waals surface area contributed by atoms with Gasteiger partial charge in [0.1, 0.15) is 0 Å². The third-order valence-electron chi connectivity index (χ3n) is 4.81. The van der Waals surface area contributed by atoms with Crippen LogP contribution in [0.5, 0.6) is 0 Å². The van der Waals surface area contributed by atoms with Gasteiger partial charge in [-0.2, -0.15) is 13.2 Å². The van der Waals surface area contributed by atoms with Crippen LogP contribution in [0.15, 0.2) is 54.6 Å². The molecule has 1 atom stereocenters. The molecule has 2 aromatic rings. The first-order valence-electron chi connectivity index (χ1n) is 8.57. The summed E-state index contributed by atoms with van der Waals surface area (Å²) < 4.78 is 39.3. The minimum Gasteiger partial charge on any atom is -0.309 e. The molecule has 0 aliphatic carbocycles. The fourth-order valence-electron chi connectivity index (χ4n) is 3.02. The lowest BCUT2D eigenvalue weighted by Crippen LogP contribution is -2.29. The van der Waals surface area contributed by atoms with E-state index in [4.69, 9.17) is 0 Å². The lowest BCUT2D eigenvalue weighted by atomic mass is 9.74. The second-order valence-corrected chi connectivity index (χ2v) is 7.18. The fourth-order valence-corrected chi connectivity index (χ4v) is 3.02. The fraction of sp³-hybridized carbons (Fsp3) is 0.429. The summed E-state index contributed by atoms with van der Waals surface area (Å²) in [5.74, 6) is 0. The average molecular weight is 349 g/mol. The van der Waals surface area contributed by atoms with E-state index in [2.05, 4.69) is 24.0 Å². The van der Waals surface area contributed by atoms with Gasteiger partial charge in [-0.15, -0.1) is 0 Å². The molecule has 0 saturated heterocycles. The van der Waals surface area contributed by atoms with Crippen LogP contribution in [-0.4, -0.2) is 25.5 Å². The molecule has 2 rings (SSSR count). The predicted octanol–water partition coefficient (Wildman–Crippen LogP) is 5.55. The quantitative estimate of drug-likeness (QED) is 0.634. The predicted molar refractivity (Wildman–Crippen MR) is 96.7 cm³/mol. The number of nitrogens with zero attached hydrogens (tertiary/aromatic N) is 1. The Morgan fingerprint density at radius 3 is 2.08 bits per heavy atom. The molecule has 0 spiro atoms. The molecule has 1 unspecified atom stereocenters. The summed E-state index contributed by atoms with van der Waals surface area (Å²) in [4.78, 5) is 2.08. The molecule has 25 heavy (non-hydrogen) atoms. The standard InChI is InChI=1S/C21H26F3N/c1-20(14-15-25(2)3,13-12-17-8-5-4-6-9-17)18-10-7-11-19(16-18)21(22,23)24/h4-11,16H,12-15H2,1-3H3. The maximum absolute atomic E-state index is 13.1. The zero-order chi connectivity index (χ0) is 18.5. The van der Waals surface area contributed by atoms with Gasteiger partial charge in [-0.05, 0) is 62.5 Å². The highest BCUT2D eigenvalue weighted by molar-refractivity contribution is 5.32. The van der Waals surface area contributed by atoms with Crippen LogP contribution in [0.4, 0.5) is 13.2 Å². The molecule has 0 amide bonds. The Morgan fingerprint density at radius 1 is 0.840 bits per heavy atom. The van der Waals surface area contributed by atoms with E-state index in [1.807, 2.05) is 38.4 Å². The number of alkyl halides is 3. The van der Waals surface area contributed by atoms with Crippen LogP contribution in [0, 0.1) is 0 Å². The van der Waals surface area contributed by atoms with Crippen molar-refractivity contribution in [3.63, 3.8) is 0 Å². The van der Waals surface area contributed by atoms with Gasteiger partial charge in [0.15, 0.2) is 0 Å². The van der Waals surface area contributed by atoms with Crippen LogP contribution in [0.25, 0.3) is 0 Å². The molecule has 2 aromatic carbocycles. The third kappa shape index (κ3) is 5.60. The highest BCUT2D eigenvalue weighted by atomic mass is 19.4. The molecule has 0 fully saturated rings. The number of rotatable bonds is 7. The van der Waals surface area contributed by atoms with Crippen LogP contribution < -0.4 is 0 Å². The van der Waals surface area contributed by atoms with E-state index in [1.54, 1.807) is 0 Å². The number of halogens is 3. The molecule has 0 saturated carbocycles. The lowest BCUT2D eigenvalue weighted by molar-refractivity contribution is -0.137. The molecule has 0 aromatic heterocycles. The maximum atomic E-state index is 13.1.